The van der Waals surface area contributed by atoms with E-state index in [0.717, 1.165) is 15.6 Å². The highest BCUT2D eigenvalue weighted by Crippen LogP contribution is 2.17. The molecule has 2 rings (SSSR count). The number of nitrogens with zero attached hydrogens (tertiary/aromatic N) is 1. The van der Waals surface area contributed by atoms with E-state index >= 15 is 0 Å². The minimum absolute atomic E-state index is 0.519. The smallest absolute Gasteiger partial charge is 0.301 e. The zero-order valence-electron chi connectivity index (χ0n) is 12.4. The monoisotopic (exact) mass is 339 g/mol. The fourth-order valence-electron chi connectivity index (χ4n) is 1.70. The zero-order valence-corrected chi connectivity index (χ0v) is 13.9. The molecule has 0 saturated carbocycles. The molecule has 0 bridgehead atoms. The summed E-state index contributed by atoms with van der Waals surface area (Å²) >= 11 is 5.84. The van der Waals surface area contributed by atoms with Crippen molar-refractivity contribution < 1.29 is 8.42 Å². The second-order valence-electron chi connectivity index (χ2n) is 4.95. The molecule has 7 heteroatoms. The fourth-order valence-corrected chi connectivity index (χ4v) is 2.45. The Morgan fingerprint density at radius 2 is 1.50 bits per heavy atom. The highest BCUT2D eigenvalue weighted by molar-refractivity contribution is 7.90. The summed E-state index contributed by atoms with van der Waals surface area (Å²) < 4.78 is 27.0. The van der Waals surface area contributed by atoms with Crippen molar-refractivity contribution in [2.24, 2.45) is 0 Å². The van der Waals surface area contributed by atoms with Crippen LogP contribution in [0.2, 0.25) is 5.02 Å². The normalized spacial score (nSPS) is 11.5. The lowest BCUT2D eigenvalue weighted by atomic mass is 10.2. The van der Waals surface area contributed by atoms with Gasteiger partial charge >= 0.3 is 10.2 Å². The summed E-state index contributed by atoms with van der Waals surface area (Å²) in [6.07, 6.45) is 0. The van der Waals surface area contributed by atoms with Gasteiger partial charge in [0, 0.05) is 37.0 Å². The molecular weight excluding hydrogens is 322 g/mol. The minimum Gasteiger partial charge on any atom is -0.381 e. The van der Waals surface area contributed by atoms with Gasteiger partial charge in [0.2, 0.25) is 0 Å². The van der Waals surface area contributed by atoms with Crippen LogP contribution in [0.5, 0.6) is 0 Å². The lowest BCUT2D eigenvalue weighted by Crippen LogP contribution is -2.28. The Kier molecular flexibility index (Phi) is 5.28. The predicted molar refractivity (Wildman–Crippen MR) is 91.5 cm³/mol. The van der Waals surface area contributed by atoms with Crippen molar-refractivity contribution in [3.8, 4) is 0 Å². The molecule has 0 atom stereocenters. The van der Waals surface area contributed by atoms with Gasteiger partial charge in [0.15, 0.2) is 0 Å². The van der Waals surface area contributed by atoms with Gasteiger partial charge in [-0.25, -0.2) is 0 Å². The molecule has 2 aromatic carbocycles. The quantitative estimate of drug-likeness (QED) is 0.849. The van der Waals surface area contributed by atoms with E-state index in [-0.39, 0.29) is 0 Å². The topological polar surface area (TPSA) is 61.4 Å². The van der Waals surface area contributed by atoms with Gasteiger partial charge in [0.1, 0.15) is 0 Å². The van der Waals surface area contributed by atoms with E-state index in [0.29, 0.717) is 17.3 Å². The van der Waals surface area contributed by atoms with Crippen molar-refractivity contribution in [1.82, 2.24) is 4.31 Å². The Bertz CT molecular complexity index is 713. The third-order valence-electron chi connectivity index (χ3n) is 3.02. The van der Waals surface area contributed by atoms with Gasteiger partial charge < -0.3 is 5.32 Å². The number of hydrogen-bond acceptors (Lipinski definition) is 3. The van der Waals surface area contributed by atoms with E-state index in [2.05, 4.69) is 10.0 Å². The number of benzene rings is 2. The largest absolute Gasteiger partial charge is 0.381 e. The summed E-state index contributed by atoms with van der Waals surface area (Å²) in [6, 6.07) is 14.7. The zero-order chi connectivity index (χ0) is 16.2. The maximum atomic E-state index is 11.7. The van der Waals surface area contributed by atoms with Crippen LogP contribution in [0.1, 0.15) is 5.56 Å². The van der Waals surface area contributed by atoms with Gasteiger partial charge in [-0.1, -0.05) is 23.7 Å². The van der Waals surface area contributed by atoms with E-state index in [1.54, 1.807) is 12.1 Å². The molecule has 118 valence electrons. The van der Waals surface area contributed by atoms with E-state index in [1.807, 2.05) is 36.4 Å². The van der Waals surface area contributed by atoms with Crippen molar-refractivity contribution in [2.75, 3.05) is 24.1 Å². The Morgan fingerprint density at radius 1 is 0.955 bits per heavy atom. The van der Waals surface area contributed by atoms with E-state index in [9.17, 15) is 8.42 Å². The maximum absolute atomic E-state index is 11.7. The van der Waals surface area contributed by atoms with Crippen molar-refractivity contribution in [2.45, 2.75) is 6.54 Å². The van der Waals surface area contributed by atoms with Crippen LogP contribution < -0.4 is 10.0 Å². The summed E-state index contributed by atoms with van der Waals surface area (Å²) in [4.78, 5) is 0. The highest BCUT2D eigenvalue weighted by atomic mass is 35.5. The summed E-state index contributed by atoms with van der Waals surface area (Å²) in [5.74, 6) is 0. The number of anilines is 2. The molecule has 0 unspecified atom stereocenters. The Morgan fingerprint density at radius 3 is 2.05 bits per heavy atom. The number of nitrogens with one attached hydrogen (secondary N) is 2. The van der Waals surface area contributed by atoms with Gasteiger partial charge in [-0.05, 0) is 42.0 Å². The van der Waals surface area contributed by atoms with Gasteiger partial charge in [-0.2, -0.15) is 12.7 Å². The van der Waals surface area contributed by atoms with Crippen LogP contribution in [0, 0.1) is 0 Å². The third kappa shape index (κ3) is 4.62. The summed E-state index contributed by atoms with van der Waals surface area (Å²) in [5.41, 5.74) is 2.54. The molecule has 2 aromatic rings. The van der Waals surface area contributed by atoms with Crippen LogP contribution in [0.25, 0.3) is 0 Å². The molecule has 0 heterocycles. The van der Waals surface area contributed by atoms with Crippen molar-refractivity contribution in [3.63, 3.8) is 0 Å². The summed E-state index contributed by atoms with van der Waals surface area (Å²) in [5, 5.41) is 3.97. The van der Waals surface area contributed by atoms with Gasteiger partial charge in [0.25, 0.3) is 0 Å². The molecule has 0 fully saturated rings. The Labute approximate surface area is 136 Å². The summed E-state index contributed by atoms with van der Waals surface area (Å²) in [7, 11) is -0.520. The number of rotatable bonds is 6. The molecule has 0 radical (unpaired) electrons. The van der Waals surface area contributed by atoms with E-state index in [1.165, 1.54) is 14.1 Å². The van der Waals surface area contributed by atoms with Crippen LogP contribution in [0.3, 0.4) is 0 Å². The van der Waals surface area contributed by atoms with Crippen molar-refractivity contribution in [3.05, 3.63) is 59.1 Å². The fraction of sp³-hybridized carbons (Fsp3) is 0.200. The van der Waals surface area contributed by atoms with Gasteiger partial charge in [0.05, 0.1) is 0 Å². The molecule has 0 aromatic heterocycles. The SMILES string of the molecule is CN(C)S(=O)(=O)Nc1ccc(NCc2ccc(Cl)cc2)cc1. The average Bonchev–Trinajstić information content (AvgIpc) is 2.48. The molecule has 22 heavy (non-hydrogen) atoms. The molecule has 0 aliphatic heterocycles. The van der Waals surface area contributed by atoms with Gasteiger partial charge in [-0.15, -0.1) is 0 Å². The third-order valence-corrected chi connectivity index (χ3v) is 4.73. The summed E-state index contributed by atoms with van der Waals surface area (Å²) in [6.45, 7) is 0.667. The predicted octanol–water partition coefficient (Wildman–Crippen LogP) is 3.17. The molecule has 0 amide bonds. The molecule has 0 aliphatic carbocycles. The van der Waals surface area contributed by atoms with Crippen LogP contribution >= 0.6 is 11.6 Å². The molecule has 0 aliphatic rings. The number of halogens is 1. The number of hydrogen-bond donors (Lipinski definition) is 2. The van der Waals surface area contributed by atoms with Crippen molar-refractivity contribution in [1.29, 1.82) is 0 Å². The Hall–Kier alpha value is -1.76. The lowest BCUT2D eigenvalue weighted by Gasteiger charge is -2.14. The average molecular weight is 340 g/mol. The van der Waals surface area contributed by atoms with Crippen LogP contribution in [-0.2, 0) is 16.8 Å². The van der Waals surface area contributed by atoms with Gasteiger partial charge in [-0.3, -0.25) is 4.72 Å². The van der Waals surface area contributed by atoms with E-state index in [4.69, 9.17) is 11.6 Å². The molecule has 0 saturated heterocycles. The first-order valence-corrected chi connectivity index (χ1v) is 8.47. The maximum Gasteiger partial charge on any atom is 0.301 e. The first kappa shape index (κ1) is 16.6. The molecule has 5 nitrogen and oxygen atoms in total. The first-order valence-electron chi connectivity index (χ1n) is 6.65. The van der Waals surface area contributed by atoms with Crippen LogP contribution in [-0.4, -0.2) is 26.8 Å². The first-order chi connectivity index (χ1) is 10.4. The van der Waals surface area contributed by atoms with Crippen LogP contribution in [0.4, 0.5) is 11.4 Å². The van der Waals surface area contributed by atoms with Crippen molar-refractivity contribution >= 4 is 33.2 Å². The highest BCUT2D eigenvalue weighted by Gasteiger charge is 2.12. The van der Waals surface area contributed by atoms with E-state index < -0.39 is 10.2 Å². The molecule has 0 spiro atoms. The lowest BCUT2D eigenvalue weighted by molar-refractivity contribution is 0.527. The van der Waals surface area contributed by atoms with Crippen LogP contribution in [0.15, 0.2) is 48.5 Å². The minimum atomic E-state index is -3.47. The standard InChI is InChI=1S/C15H18ClN3O2S/c1-19(2)22(20,21)18-15-9-7-14(8-10-15)17-11-12-3-5-13(16)6-4-12/h3-10,17-18H,11H2,1-2H3. The molecule has 2 N–H and O–H groups in total. The Balaban J connectivity index is 1.96. The molecular formula is C15H18ClN3O2S. The second-order valence-corrected chi connectivity index (χ2v) is 7.27. The second kappa shape index (κ2) is 7.00.